The highest BCUT2D eigenvalue weighted by atomic mass is 127. The van der Waals surface area contributed by atoms with E-state index in [1.165, 1.54) is 4.70 Å². The zero-order valence-electron chi connectivity index (χ0n) is 14.3. The van der Waals surface area contributed by atoms with Crippen LogP contribution in [0.5, 0.6) is 0 Å². The molecule has 0 saturated carbocycles. The van der Waals surface area contributed by atoms with Gasteiger partial charge in [0.2, 0.25) is 0 Å². The number of benzene rings is 2. The van der Waals surface area contributed by atoms with Gasteiger partial charge in [-0.25, -0.2) is 4.98 Å². The van der Waals surface area contributed by atoms with Crippen LogP contribution in [-0.4, -0.2) is 29.2 Å². The zero-order chi connectivity index (χ0) is 19.1. The number of fused-ring (bicyclic) bond motifs is 1. The molecule has 5 nitrogen and oxygen atoms in total. The summed E-state index contributed by atoms with van der Waals surface area (Å²) in [5.74, 6) is 0.0812. The Morgan fingerprint density at radius 1 is 1.15 bits per heavy atom. The second-order valence-corrected chi connectivity index (χ2v) is 9.12. The molecule has 0 radical (unpaired) electrons. The van der Waals surface area contributed by atoms with Crippen LogP contribution in [-0.2, 0) is 14.3 Å². The Kier molecular flexibility index (Phi) is 7.48. The topological polar surface area (TPSA) is 68.3 Å². The van der Waals surface area contributed by atoms with Crippen molar-refractivity contribution in [2.24, 2.45) is 0 Å². The lowest BCUT2D eigenvalue weighted by molar-refractivity contribution is -0.147. The number of ether oxygens (including phenoxy) is 1. The minimum Gasteiger partial charge on any atom is -0.456 e. The first-order valence-corrected chi connectivity index (χ1v) is 11.2. The molecule has 0 atom stereocenters. The Bertz CT molecular complexity index is 912. The normalized spacial score (nSPS) is 10.7. The van der Waals surface area contributed by atoms with Crippen molar-refractivity contribution in [1.82, 2.24) is 4.98 Å². The van der Waals surface area contributed by atoms with Gasteiger partial charge in [-0.05, 0) is 53.3 Å². The van der Waals surface area contributed by atoms with E-state index in [9.17, 15) is 9.59 Å². The van der Waals surface area contributed by atoms with E-state index < -0.39 is 0 Å². The molecule has 0 spiro atoms. The highest BCUT2D eigenvalue weighted by Crippen LogP contribution is 2.29. The van der Waals surface area contributed by atoms with Crippen molar-refractivity contribution >= 4 is 73.5 Å². The molecular weight excluding hydrogens is 495 g/mol. The molecule has 0 bridgehead atoms. The predicted octanol–water partition coefficient (Wildman–Crippen LogP) is 4.96. The van der Waals surface area contributed by atoms with E-state index in [2.05, 4.69) is 39.0 Å². The molecule has 1 amide bonds. The number of rotatable bonds is 8. The summed E-state index contributed by atoms with van der Waals surface area (Å²) in [5.41, 5.74) is 1.72. The maximum absolute atomic E-state index is 11.9. The molecule has 0 aliphatic carbocycles. The summed E-state index contributed by atoms with van der Waals surface area (Å²) in [7, 11) is 0. The number of nitrogens with zero attached hydrogens (tertiary/aromatic N) is 1. The molecule has 3 rings (SSSR count). The Morgan fingerprint density at radius 3 is 2.74 bits per heavy atom. The van der Waals surface area contributed by atoms with Gasteiger partial charge in [-0.15, -0.1) is 11.3 Å². The number of aromatic nitrogens is 1. The van der Waals surface area contributed by atoms with Crippen LogP contribution in [0.2, 0.25) is 0 Å². The van der Waals surface area contributed by atoms with Crippen molar-refractivity contribution in [3.63, 3.8) is 0 Å². The van der Waals surface area contributed by atoms with E-state index in [-0.39, 0.29) is 24.9 Å². The summed E-state index contributed by atoms with van der Waals surface area (Å²) >= 11 is 5.43. The molecule has 140 valence electrons. The van der Waals surface area contributed by atoms with Gasteiger partial charge >= 0.3 is 5.97 Å². The van der Waals surface area contributed by atoms with Gasteiger partial charge in [0.15, 0.2) is 10.9 Å². The number of halogens is 1. The molecule has 8 heteroatoms. The zero-order valence-corrected chi connectivity index (χ0v) is 18.1. The fourth-order valence-corrected chi connectivity index (χ4v) is 4.86. The summed E-state index contributed by atoms with van der Waals surface area (Å²) in [4.78, 5) is 28.2. The maximum Gasteiger partial charge on any atom is 0.306 e. The minimum atomic E-state index is -0.363. The quantitative estimate of drug-likeness (QED) is 0.200. The number of hydrogen-bond acceptors (Lipinski definition) is 6. The first kappa shape index (κ1) is 20.1. The van der Waals surface area contributed by atoms with E-state index in [1.807, 2.05) is 36.4 Å². The van der Waals surface area contributed by atoms with Crippen LogP contribution in [0.15, 0.2) is 52.9 Å². The summed E-state index contributed by atoms with van der Waals surface area (Å²) in [6.07, 6.45) is 0.964. The molecule has 2 aromatic carbocycles. The van der Waals surface area contributed by atoms with E-state index in [0.29, 0.717) is 12.1 Å². The Balaban J connectivity index is 1.33. The number of thioether (sulfide) groups is 1. The average molecular weight is 512 g/mol. The lowest BCUT2D eigenvalue weighted by Crippen LogP contribution is -2.21. The molecular formula is C19H17IN2O3S2. The van der Waals surface area contributed by atoms with Crippen LogP contribution < -0.4 is 5.32 Å². The predicted molar refractivity (Wildman–Crippen MR) is 118 cm³/mol. The largest absolute Gasteiger partial charge is 0.456 e. The van der Waals surface area contributed by atoms with Gasteiger partial charge in [-0.2, -0.15) is 0 Å². The minimum absolute atomic E-state index is 0.269. The number of amides is 1. The molecule has 3 aromatic rings. The van der Waals surface area contributed by atoms with Crippen molar-refractivity contribution in [2.75, 3.05) is 17.7 Å². The third-order valence-electron chi connectivity index (χ3n) is 3.54. The molecule has 1 aromatic heterocycles. The number of carbonyl (C=O) groups excluding carboxylic acids is 2. The van der Waals surface area contributed by atoms with Gasteiger partial charge in [0.05, 0.1) is 15.9 Å². The Morgan fingerprint density at radius 2 is 1.93 bits per heavy atom. The third-order valence-corrected chi connectivity index (χ3v) is 6.74. The van der Waals surface area contributed by atoms with Crippen LogP contribution in [0.3, 0.4) is 0 Å². The Labute approximate surface area is 179 Å². The van der Waals surface area contributed by atoms with Crippen molar-refractivity contribution < 1.29 is 14.3 Å². The standard InChI is InChI=1S/C19H17IN2O3S2/c20-13-6-1-2-7-14(13)21-17(23)12-25-18(24)10-5-11-26-19-22-15-8-3-4-9-16(15)27-19/h1-4,6-9H,5,10-12H2,(H,21,23). The average Bonchev–Trinajstić information content (AvgIpc) is 3.08. The highest BCUT2D eigenvalue weighted by molar-refractivity contribution is 14.1. The van der Waals surface area contributed by atoms with Crippen LogP contribution in [0.4, 0.5) is 5.69 Å². The van der Waals surface area contributed by atoms with Crippen molar-refractivity contribution in [2.45, 2.75) is 17.2 Å². The van der Waals surface area contributed by atoms with Crippen LogP contribution in [0.25, 0.3) is 10.2 Å². The van der Waals surface area contributed by atoms with Gasteiger partial charge in [0.25, 0.3) is 5.91 Å². The number of anilines is 1. The molecule has 1 heterocycles. The Hall–Kier alpha value is -1.65. The van der Waals surface area contributed by atoms with E-state index >= 15 is 0 Å². The number of thiazole rings is 1. The fraction of sp³-hybridized carbons (Fsp3) is 0.211. The second kappa shape index (κ2) is 10.0. The van der Waals surface area contributed by atoms with Crippen LogP contribution in [0.1, 0.15) is 12.8 Å². The van der Waals surface area contributed by atoms with Gasteiger partial charge in [-0.1, -0.05) is 36.0 Å². The van der Waals surface area contributed by atoms with Gasteiger partial charge in [0, 0.05) is 15.7 Å². The van der Waals surface area contributed by atoms with Crippen molar-refractivity contribution in [3.05, 3.63) is 52.1 Å². The fourth-order valence-electron chi connectivity index (χ4n) is 2.26. The number of para-hydroxylation sites is 2. The molecule has 0 fully saturated rings. The number of esters is 1. The molecule has 0 saturated heterocycles. The first-order valence-electron chi connectivity index (χ1n) is 8.30. The lowest BCUT2D eigenvalue weighted by Gasteiger charge is -2.08. The van der Waals surface area contributed by atoms with Crippen molar-refractivity contribution in [1.29, 1.82) is 0 Å². The molecule has 27 heavy (non-hydrogen) atoms. The summed E-state index contributed by atoms with van der Waals surface area (Å²) in [6.45, 7) is -0.269. The van der Waals surface area contributed by atoms with Gasteiger partial charge in [-0.3, -0.25) is 9.59 Å². The number of hydrogen-bond donors (Lipinski definition) is 1. The first-order chi connectivity index (χ1) is 13.1. The SMILES string of the molecule is O=C(COC(=O)CCCSc1nc2ccccc2s1)Nc1ccccc1I. The monoisotopic (exact) mass is 512 g/mol. The van der Waals surface area contributed by atoms with E-state index in [4.69, 9.17) is 4.74 Å². The van der Waals surface area contributed by atoms with Gasteiger partial charge < -0.3 is 10.1 Å². The summed E-state index contributed by atoms with van der Waals surface area (Å²) < 4.78 is 8.14. The highest BCUT2D eigenvalue weighted by Gasteiger charge is 2.10. The van der Waals surface area contributed by atoms with E-state index in [0.717, 1.165) is 19.2 Å². The molecule has 0 unspecified atom stereocenters. The molecule has 1 N–H and O–H groups in total. The summed E-state index contributed by atoms with van der Waals surface area (Å²) in [5, 5.41) is 2.73. The smallest absolute Gasteiger partial charge is 0.306 e. The number of carbonyl (C=O) groups is 2. The molecule has 0 aliphatic heterocycles. The van der Waals surface area contributed by atoms with E-state index in [1.54, 1.807) is 29.2 Å². The maximum atomic E-state index is 11.9. The van der Waals surface area contributed by atoms with Crippen LogP contribution >= 0.6 is 45.7 Å². The van der Waals surface area contributed by atoms with Crippen molar-refractivity contribution in [3.8, 4) is 0 Å². The third kappa shape index (κ3) is 6.18. The lowest BCUT2D eigenvalue weighted by atomic mass is 10.3. The second-order valence-electron chi connectivity index (χ2n) is 5.59. The molecule has 0 aliphatic rings. The number of nitrogens with one attached hydrogen (secondary N) is 1. The van der Waals surface area contributed by atoms with Crippen LogP contribution in [0, 0.1) is 3.57 Å². The van der Waals surface area contributed by atoms with Gasteiger partial charge in [0.1, 0.15) is 0 Å². The summed E-state index contributed by atoms with van der Waals surface area (Å²) in [6, 6.07) is 15.5.